The van der Waals surface area contributed by atoms with Gasteiger partial charge in [-0.2, -0.15) is 0 Å². The van der Waals surface area contributed by atoms with E-state index in [1.54, 1.807) is 23.5 Å². The van der Waals surface area contributed by atoms with Crippen LogP contribution in [0.25, 0.3) is 10.1 Å². The Kier molecular flexibility index (Phi) is 2.50. The number of hydrogen-bond acceptors (Lipinski definition) is 3. The minimum absolute atomic E-state index is 0.212. The first-order valence-electron chi connectivity index (χ1n) is 5.63. The van der Waals surface area contributed by atoms with Gasteiger partial charge in [0.25, 0.3) is 0 Å². The summed E-state index contributed by atoms with van der Waals surface area (Å²) in [5.74, 6) is 0. The quantitative estimate of drug-likeness (QED) is 0.862. The molecule has 0 saturated carbocycles. The van der Waals surface area contributed by atoms with E-state index in [-0.39, 0.29) is 4.90 Å². The average molecular weight is 267 g/mol. The van der Waals surface area contributed by atoms with E-state index in [9.17, 15) is 8.42 Å². The number of aryl methyl sites for hydroxylation is 2. The van der Waals surface area contributed by atoms with Crippen LogP contribution in [0.5, 0.6) is 0 Å². The van der Waals surface area contributed by atoms with Crippen molar-refractivity contribution in [1.82, 2.24) is 0 Å². The van der Waals surface area contributed by atoms with Crippen LogP contribution < -0.4 is 5.14 Å². The van der Waals surface area contributed by atoms with Crippen molar-refractivity contribution in [3.8, 4) is 0 Å². The number of thiophene rings is 1. The minimum Gasteiger partial charge on any atom is -0.225 e. The molecule has 0 fully saturated rings. The summed E-state index contributed by atoms with van der Waals surface area (Å²) in [4.78, 5) is 1.63. The highest BCUT2D eigenvalue weighted by Gasteiger charge is 2.17. The Morgan fingerprint density at radius 2 is 1.94 bits per heavy atom. The standard InChI is InChI=1S/C12H13NO2S2/c13-17(14,15)8-5-6-10-9-3-1-2-4-11(9)16-12(10)7-8/h5-7H,1-4H2,(H2,13,14,15). The largest absolute Gasteiger partial charge is 0.238 e. The SMILES string of the molecule is NS(=O)(=O)c1ccc2c3c(sc2c1)CCCC3. The summed E-state index contributed by atoms with van der Waals surface area (Å²) < 4.78 is 23.6. The van der Waals surface area contributed by atoms with Gasteiger partial charge in [0, 0.05) is 9.58 Å². The molecule has 1 aromatic carbocycles. The Balaban J connectivity index is 2.25. The lowest BCUT2D eigenvalue weighted by molar-refractivity contribution is 0.598. The number of primary sulfonamides is 1. The van der Waals surface area contributed by atoms with Crippen molar-refractivity contribution in [2.75, 3.05) is 0 Å². The topological polar surface area (TPSA) is 60.2 Å². The molecule has 3 rings (SSSR count). The van der Waals surface area contributed by atoms with Crippen molar-refractivity contribution in [1.29, 1.82) is 0 Å². The van der Waals surface area contributed by atoms with E-state index in [4.69, 9.17) is 5.14 Å². The van der Waals surface area contributed by atoms with E-state index in [1.807, 2.05) is 6.07 Å². The maximum absolute atomic E-state index is 11.3. The first-order valence-corrected chi connectivity index (χ1v) is 7.99. The molecule has 0 amide bonds. The van der Waals surface area contributed by atoms with Crippen molar-refractivity contribution in [3.63, 3.8) is 0 Å². The number of hydrogen-bond donors (Lipinski definition) is 1. The fourth-order valence-corrected chi connectivity index (χ4v) is 4.37. The second kappa shape index (κ2) is 3.80. The highest BCUT2D eigenvalue weighted by Crippen LogP contribution is 2.37. The first-order chi connectivity index (χ1) is 8.05. The van der Waals surface area contributed by atoms with Crippen molar-refractivity contribution < 1.29 is 8.42 Å². The molecule has 1 aromatic heterocycles. The Labute approximate surface area is 104 Å². The monoisotopic (exact) mass is 267 g/mol. The van der Waals surface area contributed by atoms with Gasteiger partial charge >= 0.3 is 0 Å². The Hall–Kier alpha value is -0.910. The summed E-state index contributed by atoms with van der Waals surface area (Å²) in [5.41, 5.74) is 1.41. The van der Waals surface area contributed by atoms with E-state index in [1.165, 1.54) is 28.7 Å². The summed E-state index contributed by atoms with van der Waals surface area (Å²) in [6.07, 6.45) is 4.71. The molecule has 0 saturated heterocycles. The van der Waals surface area contributed by atoms with Crippen molar-refractivity contribution in [3.05, 3.63) is 28.6 Å². The normalized spacial score (nSPS) is 16.1. The van der Waals surface area contributed by atoms with Crippen LogP contribution in [0.3, 0.4) is 0 Å². The number of fused-ring (bicyclic) bond motifs is 3. The fourth-order valence-electron chi connectivity index (χ4n) is 2.42. The minimum atomic E-state index is -3.59. The van der Waals surface area contributed by atoms with Gasteiger partial charge in [0.05, 0.1) is 4.90 Å². The molecule has 0 unspecified atom stereocenters. The zero-order valence-electron chi connectivity index (χ0n) is 9.27. The van der Waals surface area contributed by atoms with Gasteiger partial charge in [-0.15, -0.1) is 11.3 Å². The lowest BCUT2D eigenvalue weighted by Crippen LogP contribution is -2.11. The number of benzene rings is 1. The summed E-state index contributed by atoms with van der Waals surface area (Å²) in [6, 6.07) is 5.21. The molecular formula is C12H13NO2S2. The van der Waals surface area contributed by atoms with Crippen LogP contribution in [0, 0.1) is 0 Å². The van der Waals surface area contributed by atoms with Gasteiger partial charge in [0.2, 0.25) is 10.0 Å². The molecule has 1 aliphatic carbocycles. The molecule has 90 valence electrons. The van der Waals surface area contributed by atoms with Gasteiger partial charge in [0.1, 0.15) is 0 Å². The molecular weight excluding hydrogens is 254 g/mol. The van der Waals surface area contributed by atoms with Gasteiger partial charge in [-0.05, 0) is 48.8 Å². The van der Waals surface area contributed by atoms with E-state index in [0.717, 1.165) is 17.5 Å². The van der Waals surface area contributed by atoms with Gasteiger partial charge in [-0.25, -0.2) is 13.6 Å². The summed E-state index contributed by atoms with van der Waals surface area (Å²) >= 11 is 1.71. The van der Waals surface area contributed by atoms with E-state index < -0.39 is 10.0 Å². The van der Waals surface area contributed by atoms with Crippen molar-refractivity contribution in [2.45, 2.75) is 30.6 Å². The predicted octanol–water partition coefficient (Wildman–Crippen LogP) is 2.43. The lowest BCUT2D eigenvalue weighted by atomic mass is 9.96. The molecule has 0 radical (unpaired) electrons. The average Bonchev–Trinajstić information content (AvgIpc) is 2.65. The molecule has 0 bridgehead atoms. The van der Waals surface area contributed by atoms with Crippen LogP contribution in [0.4, 0.5) is 0 Å². The van der Waals surface area contributed by atoms with Gasteiger partial charge < -0.3 is 0 Å². The van der Waals surface area contributed by atoms with Crippen molar-refractivity contribution >= 4 is 31.4 Å². The maximum Gasteiger partial charge on any atom is 0.238 e. The maximum atomic E-state index is 11.3. The number of rotatable bonds is 1. The summed E-state index contributed by atoms with van der Waals surface area (Å²) in [7, 11) is -3.59. The molecule has 17 heavy (non-hydrogen) atoms. The van der Waals surface area contributed by atoms with Crippen LogP contribution in [-0.4, -0.2) is 8.42 Å². The Bertz CT molecular complexity index is 686. The second-order valence-electron chi connectivity index (χ2n) is 4.41. The third kappa shape index (κ3) is 1.88. The molecule has 0 aliphatic heterocycles. The molecule has 1 heterocycles. The molecule has 2 aromatic rings. The number of nitrogens with two attached hydrogens (primary N) is 1. The van der Waals surface area contributed by atoms with Gasteiger partial charge in [-0.3, -0.25) is 0 Å². The molecule has 1 aliphatic rings. The van der Waals surface area contributed by atoms with Gasteiger partial charge in [-0.1, -0.05) is 6.07 Å². The molecule has 5 heteroatoms. The molecule has 2 N–H and O–H groups in total. The van der Waals surface area contributed by atoms with Crippen LogP contribution in [0.15, 0.2) is 23.1 Å². The smallest absolute Gasteiger partial charge is 0.225 e. The Morgan fingerprint density at radius 1 is 1.18 bits per heavy atom. The third-order valence-corrected chi connectivity index (χ3v) is 5.42. The van der Waals surface area contributed by atoms with E-state index in [2.05, 4.69) is 0 Å². The predicted molar refractivity (Wildman–Crippen MR) is 69.8 cm³/mol. The highest BCUT2D eigenvalue weighted by molar-refractivity contribution is 7.89. The molecule has 0 atom stereocenters. The summed E-state index contributed by atoms with van der Waals surface area (Å²) in [6.45, 7) is 0. The third-order valence-electron chi connectivity index (χ3n) is 3.26. The highest BCUT2D eigenvalue weighted by atomic mass is 32.2. The zero-order valence-corrected chi connectivity index (χ0v) is 10.9. The fraction of sp³-hybridized carbons (Fsp3) is 0.333. The van der Waals surface area contributed by atoms with Crippen LogP contribution >= 0.6 is 11.3 Å². The van der Waals surface area contributed by atoms with Crippen LogP contribution in [-0.2, 0) is 22.9 Å². The summed E-state index contributed by atoms with van der Waals surface area (Å²) in [5, 5.41) is 6.35. The molecule has 0 spiro atoms. The van der Waals surface area contributed by atoms with Crippen molar-refractivity contribution in [2.24, 2.45) is 5.14 Å². The Morgan fingerprint density at radius 3 is 2.71 bits per heavy atom. The zero-order chi connectivity index (χ0) is 12.0. The second-order valence-corrected chi connectivity index (χ2v) is 7.11. The lowest BCUT2D eigenvalue weighted by Gasteiger charge is -2.10. The molecule has 3 nitrogen and oxygen atoms in total. The number of sulfonamides is 1. The van der Waals surface area contributed by atoms with E-state index in [0.29, 0.717) is 0 Å². The van der Waals surface area contributed by atoms with E-state index >= 15 is 0 Å². The van der Waals surface area contributed by atoms with Crippen LogP contribution in [0.2, 0.25) is 0 Å². The van der Waals surface area contributed by atoms with Gasteiger partial charge in [0.15, 0.2) is 0 Å². The first kappa shape index (κ1) is 11.2. The van der Waals surface area contributed by atoms with Crippen LogP contribution in [0.1, 0.15) is 23.3 Å².